The second-order valence-electron chi connectivity index (χ2n) is 6.89. The van der Waals surface area contributed by atoms with Gasteiger partial charge in [-0.15, -0.1) is 0 Å². The van der Waals surface area contributed by atoms with Crippen LogP contribution in [-0.4, -0.2) is 24.5 Å². The summed E-state index contributed by atoms with van der Waals surface area (Å²) in [6, 6.07) is 9.26. The third-order valence-corrected chi connectivity index (χ3v) is 5.19. The lowest BCUT2D eigenvalue weighted by Gasteiger charge is -2.37. The second kappa shape index (κ2) is 5.80. The van der Waals surface area contributed by atoms with E-state index in [0.29, 0.717) is 12.1 Å². The third-order valence-electron chi connectivity index (χ3n) is 5.19. The summed E-state index contributed by atoms with van der Waals surface area (Å²) in [6.45, 7) is 5.31. The quantitative estimate of drug-likeness (QED) is 0.877. The lowest BCUT2D eigenvalue weighted by Crippen LogP contribution is -2.52. The van der Waals surface area contributed by atoms with Crippen LogP contribution in [0.4, 0.5) is 0 Å². The van der Waals surface area contributed by atoms with Gasteiger partial charge in [0.1, 0.15) is 0 Å². The predicted molar refractivity (Wildman–Crippen MR) is 85.4 cm³/mol. The number of benzene rings is 1. The Morgan fingerprint density at radius 1 is 1.38 bits per heavy atom. The summed E-state index contributed by atoms with van der Waals surface area (Å²) in [5, 5.41) is 6.76. The van der Waals surface area contributed by atoms with Crippen LogP contribution in [0.2, 0.25) is 0 Å². The van der Waals surface area contributed by atoms with Crippen LogP contribution >= 0.6 is 0 Å². The highest BCUT2D eigenvalue weighted by Crippen LogP contribution is 2.37. The van der Waals surface area contributed by atoms with Gasteiger partial charge in [0, 0.05) is 12.1 Å². The molecular weight excluding hydrogens is 260 g/mol. The van der Waals surface area contributed by atoms with Crippen LogP contribution in [0.3, 0.4) is 0 Å². The van der Waals surface area contributed by atoms with Crippen LogP contribution in [0.5, 0.6) is 0 Å². The fraction of sp³-hybridized carbons (Fsp3) is 0.611. The summed E-state index contributed by atoms with van der Waals surface area (Å²) in [5.41, 5.74) is 2.22. The first-order chi connectivity index (χ1) is 10.1. The Hall–Kier alpha value is -1.35. The highest BCUT2D eigenvalue weighted by atomic mass is 16.2. The first-order valence-corrected chi connectivity index (χ1v) is 8.22. The molecule has 3 atom stereocenters. The molecule has 3 rings (SSSR count). The van der Waals surface area contributed by atoms with Gasteiger partial charge in [0.2, 0.25) is 5.91 Å². The van der Waals surface area contributed by atoms with Crippen LogP contribution in [-0.2, 0) is 16.6 Å². The fourth-order valence-electron chi connectivity index (χ4n) is 3.89. The molecule has 114 valence electrons. The maximum Gasteiger partial charge on any atom is 0.230 e. The zero-order valence-corrected chi connectivity index (χ0v) is 13.1. The summed E-state index contributed by atoms with van der Waals surface area (Å²) < 4.78 is 0. The Morgan fingerprint density at radius 2 is 2.19 bits per heavy atom. The number of carbonyl (C=O) groups is 1. The fourth-order valence-corrected chi connectivity index (χ4v) is 3.89. The largest absolute Gasteiger partial charge is 0.352 e. The molecule has 3 nitrogen and oxygen atoms in total. The van der Waals surface area contributed by atoms with Crippen molar-refractivity contribution < 1.29 is 4.79 Å². The Morgan fingerprint density at radius 3 is 3.00 bits per heavy atom. The highest BCUT2D eigenvalue weighted by Gasteiger charge is 2.39. The maximum absolute atomic E-state index is 12.9. The maximum atomic E-state index is 12.9. The number of nitrogens with one attached hydrogen (secondary N) is 2. The van der Waals surface area contributed by atoms with E-state index in [2.05, 4.69) is 48.7 Å². The van der Waals surface area contributed by atoms with Gasteiger partial charge in [-0.05, 0) is 63.6 Å². The van der Waals surface area contributed by atoms with Gasteiger partial charge in [0.05, 0.1) is 5.41 Å². The number of amides is 1. The van der Waals surface area contributed by atoms with E-state index in [4.69, 9.17) is 0 Å². The summed E-state index contributed by atoms with van der Waals surface area (Å²) >= 11 is 0. The van der Waals surface area contributed by atoms with Crippen LogP contribution in [0, 0.1) is 0 Å². The van der Waals surface area contributed by atoms with Gasteiger partial charge in [-0.3, -0.25) is 4.79 Å². The molecule has 1 heterocycles. The van der Waals surface area contributed by atoms with Gasteiger partial charge in [0.15, 0.2) is 0 Å². The van der Waals surface area contributed by atoms with Crippen molar-refractivity contribution >= 4 is 5.91 Å². The smallest absolute Gasteiger partial charge is 0.230 e. The molecular formula is C18H26N2O. The monoisotopic (exact) mass is 286 g/mol. The summed E-state index contributed by atoms with van der Waals surface area (Å²) in [5.74, 6) is 0.216. The van der Waals surface area contributed by atoms with E-state index in [1.54, 1.807) is 0 Å². The molecule has 1 aromatic carbocycles. The molecule has 3 heteroatoms. The average molecular weight is 286 g/mol. The minimum absolute atomic E-state index is 0.216. The van der Waals surface area contributed by atoms with E-state index < -0.39 is 0 Å². The summed E-state index contributed by atoms with van der Waals surface area (Å²) in [6.07, 6.45) is 5.22. The van der Waals surface area contributed by atoms with Gasteiger partial charge in [-0.25, -0.2) is 0 Å². The number of piperidine rings is 1. The summed E-state index contributed by atoms with van der Waals surface area (Å²) in [7, 11) is 0. The van der Waals surface area contributed by atoms with Crippen LogP contribution in [0.25, 0.3) is 0 Å². The summed E-state index contributed by atoms with van der Waals surface area (Å²) in [4.78, 5) is 12.9. The van der Waals surface area contributed by atoms with E-state index in [-0.39, 0.29) is 11.3 Å². The second-order valence-corrected chi connectivity index (χ2v) is 6.89. The van der Waals surface area contributed by atoms with Gasteiger partial charge >= 0.3 is 0 Å². The number of fused-ring (bicyclic) bond motifs is 1. The van der Waals surface area contributed by atoms with Crippen molar-refractivity contribution in [2.24, 2.45) is 0 Å². The first kappa shape index (κ1) is 14.6. The minimum Gasteiger partial charge on any atom is -0.352 e. The zero-order chi connectivity index (χ0) is 14.9. The van der Waals surface area contributed by atoms with Crippen LogP contribution < -0.4 is 10.6 Å². The van der Waals surface area contributed by atoms with Crippen LogP contribution in [0.1, 0.15) is 50.7 Å². The molecule has 2 N–H and O–H groups in total. The Kier molecular flexibility index (Phi) is 4.03. The molecule has 1 aliphatic heterocycles. The topological polar surface area (TPSA) is 41.1 Å². The van der Waals surface area contributed by atoms with E-state index in [1.807, 2.05) is 0 Å². The van der Waals surface area contributed by atoms with Gasteiger partial charge in [0.25, 0.3) is 0 Å². The van der Waals surface area contributed by atoms with Crippen LogP contribution in [0.15, 0.2) is 24.3 Å². The molecule has 0 aromatic heterocycles. The molecule has 0 spiro atoms. The van der Waals surface area contributed by atoms with Gasteiger partial charge in [-0.1, -0.05) is 24.3 Å². The van der Waals surface area contributed by atoms with E-state index in [0.717, 1.165) is 38.6 Å². The van der Waals surface area contributed by atoms with Crippen molar-refractivity contribution in [1.82, 2.24) is 10.6 Å². The normalized spacial score (nSPS) is 32.3. The Bertz CT molecular complexity index is 528. The number of hydrogen-bond acceptors (Lipinski definition) is 2. The van der Waals surface area contributed by atoms with Crippen molar-refractivity contribution in [3.8, 4) is 0 Å². The molecule has 2 aliphatic rings. The molecule has 21 heavy (non-hydrogen) atoms. The highest BCUT2D eigenvalue weighted by molar-refractivity contribution is 5.88. The van der Waals surface area contributed by atoms with Crippen molar-refractivity contribution in [2.75, 3.05) is 6.54 Å². The minimum atomic E-state index is -0.358. The van der Waals surface area contributed by atoms with E-state index in [1.165, 1.54) is 11.1 Å². The predicted octanol–water partition coefficient (Wildman–Crippen LogP) is 2.54. The molecule has 0 radical (unpaired) electrons. The Balaban J connectivity index is 1.78. The number of aryl methyl sites for hydroxylation is 1. The molecule has 1 saturated heterocycles. The lowest BCUT2D eigenvalue weighted by atomic mass is 9.70. The molecule has 3 unspecified atom stereocenters. The molecule has 0 saturated carbocycles. The number of hydrogen-bond donors (Lipinski definition) is 2. The molecule has 1 fully saturated rings. The Labute approximate surface area is 127 Å². The molecule has 1 aromatic rings. The number of carbonyl (C=O) groups excluding carboxylic acids is 1. The average Bonchev–Trinajstić information content (AvgIpc) is 2.48. The van der Waals surface area contributed by atoms with Crippen molar-refractivity contribution in [3.63, 3.8) is 0 Å². The standard InChI is InChI=1S/C18H26N2O/c1-13-12-15(9-11-19-13)20-17(21)18(2)10-5-7-14-6-3-4-8-16(14)18/h3-4,6,8,13,15,19H,5,7,9-12H2,1-2H3,(H,20,21). The van der Waals surface area contributed by atoms with Crippen molar-refractivity contribution in [1.29, 1.82) is 0 Å². The van der Waals surface area contributed by atoms with Gasteiger partial charge in [-0.2, -0.15) is 0 Å². The lowest BCUT2D eigenvalue weighted by molar-refractivity contribution is -0.127. The SMILES string of the molecule is CC1CC(NC(=O)C2(C)CCCc3ccccc32)CCN1. The third kappa shape index (κ3) is 2.84. The molecule has 0 bridgehead atoms. The van der Waals surface area contributed by atoms with Gasteiger partial charge < -0.3 is 10.6 Å². The van der Waals surface area contributed by atoms with Crippen molar-refractivity contribution in [3.05, 3.63) is 35.4 Å². The first-order valence-electron chi connectivity index (χ1n) is 8.22. The molecule has 1 amide bonds. The van der Waals surface area contributed by atoms with Crippen molar-refractivity contribution in [2.45, 2.75) is 63.5 Å². The van der Waals surface area contributed by atoms with E-state index >= 15 is 0 Å². The molecule has 1 aliphatic carbocycles. The van der Waals surface area contributed by atoms with E-state index in [9.17, 15) is 4.79 Å². The zero-order valence-electron chi connectivity index (χ0n) is 13.1. The number of rotatable bonds is 2.